The molecule has 0 saturated carbocycles. The Balaban J connectivity index is 0.00000139. The van der Waals surface area contributed by atoms with Gasteiger partial charge in [0.25, 0.3) is 0 Å². The van der Waals surface area contributed by atoms with E-state index in [9.17, 15) is 4.39 Å². The molecule has 0 radical (unpaired) electrons. The van der Waals surface area contributed by atoms with Crippen LogP contribution in [0.5, 0.6) is 5.75 Å². The Morgan fingerprint density at radius 1 is 1.21 bits per heavy atom. The smallest absolute Gasteiger partial charge is 0.137 e. The van der Waals surface area contributed by atoms with E-state index >= 15 is 0 Å². The lowest BCUT2D eigenvalue weighted by molar-refractivity contribution is 0.194. The minimum absolute atomic E-state index is 0.0688. The molecule has 4 heteroatoms. The molecule has 1 unspecified atom stereocenters. The molecule has 0 amide bonds. The van der Waals surface area contributed by atoms with Crippen molar-refractivity contribution < 1.29 is 9.13 Å². The van der Waals surface area contributed by atoms with Gasteiger partial charge in [-0.2, -0.15) is 0 Å². The van der Waals surface area contributed by atoms with Crippen LogP contribution in [-0.4, -0.2) is 13.6 Å². The zero-order chi connectivity index (χ0) is 17.8. The van der Waals surface area contributed by atoms with Crippen LogP contribution in [0.2, 0.25) is 0 Å². The molecule has 2 aromatic rings. The van der Waals surface area contributed by atoms with Gasteiger partial charge in [-0.3, -0.25) is 0 Å². The second-order valence-corrected chi connectivity index (χ2v) is 5.80. The second kappa shape index (κ2) is 11.7. The van der Waals surface area contributed by atoms with Crippen LogP contribution >= 0.6 is 11.8 Å². The van der Waals surface area contributed by atoms with E-state index in [-0.39, 0.29) is 11.9 Å². The van der Waals surface area contributed by atoms with Crippen molar-refractivity contribution in [3.8, 4) is 5.75 Å². The summed E-state index contributed by atoms with van der Waals surface area (Å²) in [7, 11) is 1.92. The van der Waals surface area contributed by atoms with Gasteiger partial charge < -0.3 is 10.1 Å². The SMILES string of the molecule is C=CSc1cc(OC(CCNC)c2ccccc2)ccc1F.CC. The fraction of sp³-hybridized carbons (Fsp3) is 0.300. The van der Waals surface area contributed by atoms with Crippen molar-refractivity contribution in [3.63, 3.8) is 0 Å². The van der Waals surface area contributed by atoms with Crippen LogP contribution in [0.1, 0.15) is 31.9 Å². The summed E-state index contributed by atoms with van der Waals surface area (Å²) in [6.45, 7) is 8.47. The minimum atomic E-state index is -0.260. The Kier molecular flexibility index (Phi) is 9.89. The lowest BCUT2D eigenvalue weighted by Crippen LogP contribution is -2.16. The summed E-state index contributed by atoms with van der Waals surface area (Å²) >= 11 is 1.25. The molecular formula is C20H26FNOS. The van der Waals surface area contributed by atoms with E-state index in [2.05, 4.69) is 11.9 Å². The Bertz CT molecular complexity index is 604. The summed E-state index contributed by atoms with van der Waals surface area (Å²) in [5.74, 6) is 0.402. The number of hydrogen-bond donors (Lipinski definition) is 1. The normalized spacial score (nSPS) is 11.2. The number of rotatable bonds is 8. The number of ether oxygens (including phenoxy) is 1. The minimum Gasteiger partial charge on any atom is -0.486 e. The lowest BCUT2D eigenvalue weighted by Gasteiger charge is -2.20. The molecule has 130 valence electrons. The maximum atomic E-state index is 13.7. The molecule has 1 atom stereocenters. The first-order valence-electron chi connectivity index (χ1n) is 8.18. The van der Waals surface area contributed by atoms with Gasteiger partial charge in [0.15, 0.2) is 0 Å². The molecule has 2 nitrogen and oxygen atoms in total. The van der Waals surface area contributed by atoms with Gasteiger partial charge in [0.2, 0.25) is 0 Å². The summed E-state index contributed by atoms with van der Waals surface area (Å²) in [5.41, 5.74) is 1.11. The molecule has 0 saturated heterocycles. The van der Waals surface area contributed by atoms with Gasteiger partial charge in [-0.05, 0) is 42.8 Å². The van der Waals surface area contributed by atoms with Crippen LogP contribution in [0.4, 0.5) is 4.39 Å². The summed E-state index contributed by atoms with van der Waals surface area (Å²) in [6, 6.07) is 14.9. The van der Waals surface area contributed by atoms with Crippen LogP contribution in [-0.2, 0) is 0 Å². The van der Waals surface area contributed by atoms with Crippen molar-refractivity contribution in [3.05, 3.63) is 71.9 Å². The van der Waals surface area contributed by atoms with Crippen LogP contribution < -0.4 is 10.1 Å². The molecule has 0 aliphatic carbocycles. The third kappa shape index (κ3) is 6.38. The first-order valence-corrected chi connectivity index (χ1v) is 9.06. The number of nitrogens with one attached hydrogen (secondary N) is 1. The van der Waals surface area contributed by atoms with E-state index in [0.717, 1.165) is 18.5 Å². The number of hydrogen-bond acceptors (Lipinski definition) is 3. The lowest BCUT2D eigenvalue weighted by atomic mass is 10.1. The van der Waals surface area contributed by atoms with E-state index in [1.54, 1.807) is 17.5 Å². The van der Waals surface area contributed by atoms with Gasteiger partial charge in [0.05, 0.1) is 4.90 Å². The predicted molar refractivity (Wildman–Crippen MR) is 102 cm³/mol. The molecule has 0 aromatic heterocycles. The van der Waals surface area contributed by atoms with E-state index in [0.29, 0.717) is 10.6 Å². The van der Waals surface area contributed by atoms with Gasteiger partial charge >= 0.3 is 0 Å². The standard InChI is InChI=1S/C18H20FNOS.C2H6/c1-3-22-18-13-15(9-10-16(18)19)21-17(11-12-20-2)14-7-5-4-6-8-14;1-2/h3-10,13,17,20H,1,11-12H2,2H3;1-2H3. The summed E-state index contributed by atoms with van der Waals surface area (Å²) < 4.78 is 19.8. The highest BCUT2D eigenvalue weighted by Gasteiger charge is 2.14. The summed E-state index contributed by atoms with van der Waals surface area (Å²) in [4.78, 5) is 0.521. The molecule has 24 heavy (non-hydrogen) atoms. The molecule has 1 N–H and O–H groups in total. The van der Waals surface area contributed by atoms with Crippen molar-refractivity contribution in [2.45, 2.75) is 31.3 Å². The average Bonchev–Trinajstić information content (AvgIpc) is 2.64. The first-order chi connectivity index (χ1) is 11.7. The Hall–Kier alpha value is -1.78. The number of halogens is 1. The largest absolute Gasteiger partial charge is 0.486 e. The average molecular weight is 347 g/mol. The van der Waals surface area contributed by atoms with Gasteiger partial charge in [-0.15, -0.1) is 0 Å². The first kappa shape index (κ1) is 20.3. The van der Waals surface area contributed by atoms with Gasteiger partial charge in [0.1, 0.15) is 17.7 Å². The van der Waals surface area contributed by atoms with Crippen molar-refractivity contribution in [1.29, 1.82) is 0 Å². The number of benzene rings is 2. The predicted octanol–water partition coefficient (Wildman–Crippen LogP) is 5.82. The Morgan fingerprint density at radius 2 is 1.92 bits per heavy atom. The Morgan fingerprint density at radius 3 is 2.54 bits per heavy atom. The molecular weight excluding hydrogens is 321 g/mol. The maximum absolute atomic E-state index is 13.7. The second-order valence-electron chi connectivity index (χ2n) is 4.79. The quantitative estimate of drug-likeness (QED) is 0.608. The van der Waals surface area contributed by atoms with Crippen molar-refractivity contribution in [2.24, 2.45) is 0 Å². The third-order valence-corrected chi connectivity index (χ3v) is 3.95. The van der Waals surface area contributed by atoms with Crippen LogP contribution in [0.15, 0.2) is 65.4 Å². The molecule has 0 fully saturated rings. The van der Waals surface area contributed by atoms with Crippen molar-refractivity contribution in [2.75, 3.05) is 13.6 Å². The van der Waals surface area contributed by atoms with Gasteiger partial charge in [-0.1, -0.05) is 62.5 Å². The van der Waals surface area contributed by atoms with E-state index in [1.807, 2.05) is 51.2 Å². The van der Waals surface area contributed by atoms with E-state index in [4.69, 9.17) is 4.74 Å². The van der Waals surface area contributed by atoms with Crippen LogP contribution in [0.3, 0.4) is 0 Å². The molecule has 0 spiro atoms. The van der Waals surface area contributed by atoms with Crippen LogP contribution in [0, 0.1) is 5.82 Å². The zero-order valence-electron chi connectivity index (χ0n) is 14.6. The summed E-state index contributed by atoms with van der Waals surface area (Å²) in [6.07, 6.45) is 0.766. The molecule has 2 rings (SSSR count). The van der Waals surface area contributed by atoms with Crippen molar-refractivity contribution >= 4 is 11.8 Å². The molecule has 0 aliphatic heterocycles. The van der Waals surface area contributed by atoms with Gasteiger partial charge in [0, 0.05) is 6.42 Å². The zero-order valence-corrected chi connectivity index (χ0v) is 15.4. The van der Waals surface area contributed by atoms with E-state index in [1.165, 1.54) is 17.8 Å². The summed E-state index contributed by atoms with van der Waals surface area (Å²) in [5, 5.41) is 4.75. The van der Waals surface area contributed by atoms with E-state index < -0.39 is 0 Å². The van der Waals surface area contributed by atoms with Gasteiger partial charge in [-0.25, -0.2) is 4.39 Å². The molecule has 2 aromatic carbocycles. The molecule has 0 aliphatic rings. The highest BCUT2D eigenvalue weighted by Crippen LogP contribution is 2.30. The highest BCUT2D eigenvalue weighted by atomic mass is 32.2. The number of thioether (sulfide) groups is 1. The highest BCUT2D eigenvalue weighted by molar-refractivity contribution is 8.02. The third-order valence-electron chi connectivity index (χ3n) is 3.22. The topological polar surface area (TPSA) is 21.3 Å². The maximum Gasteiger partial charge on any atom is 0.137 e. The van der Waals surface area contributed by atoms with Crippen LogP contribution in [0.25, 0.3) is 0 Å². The molecule has 0 heterocycles. The fourth-order valence-corrected chi connectivity index (χ4v) is 2.68. The fourth-order valence-electron chi connectivity index (χ4n) is 2.14. The molecule has 0 bridgehead atoms. The Labute approximate surface area is 149 Å². The van der Waals surface area contributed by atoms with Crippen molar-refractivity contribution in [1.82, 2.24) is 5.32 Å². The monoisotopic (exact) mass is 347 g/mol.